The molecule has 0 aromatic heterocycles. The molecule has 0 rings (SSSR count). The first-order chi connectivity index (χ1) is 5.85. The minimum Gasteiger partial charge on any atom is -0.483 e. The lowest BCUT2D eigenvalue weighted by molar-refractivity contribution is 0.388. The molecule has 0 spiro atoms. The van der Waals surface area contributed by atoms with E-state index >= 15 is 0 Å². The second-order valence-electron chi connectivity index (χ2n) is 2.85. The second kappa shape index (κ2) is 8.85. The highest BCUT2D eigenvalue weighted by molar-refractivity contribution is 6.19. The van der Waals surface area contributed by atoms with E-state index in [0.717, 1.165) is 12.8 Å². The zero-order valence-electron chi connectivity index (χ0n) is 7.98. The van der Waals surface area contributed by atoms with Crippen molar-refractivity contribution >= 4 is 17.7 Å². The van der Waals surface area contributed by atoms with Gasteiger partial charge in [-0.25, -0.2) is 0 Å². The molecule has 0 aromatic carbocycles. The maximum absolute atomic E-state index is 5.27. The van der Waals surface area contributed by atoms with Gasteiger partial charge in [0.2, 0.25) is 5.90 Å². The Kier molecular flexibility index (Phi) is 8.68. The van der Waals surface area contributed by atoms with Crippen LogP contribution in [0.15, 0.2) is 4.51 Å². The van der Waals surface area contributed by atoms with Crippen LogP contribution in [0.4, 0.5) is 0 Å². The lowest BCUT2D eigenvalue weighted by Crippen LogP contribution is -1.99. The van der Waals surface area contributed by atoms with Gasteiger partial charge in [0.25, 0.3) is 0 Å². The van der Waals surface area contributed by atoms with Gasteiger partial charge in [-0.2, -0.15) is 0 Å². The van der Waals surface area contributed by atoms with Gasteiger partial charge in [-0.3, -0.25) is 0 Å². The van der Waals surface area contributed by atoms with Crippen molar-refractivity contribution in [1.29, 1.82) is 0 Å². The van der Waals surface area contributed by atoms with Gasteiger partial charge in [-0.05, 0) is 6.42 Å². The fraction of sp³-hybridized carbons (Fsp3) is 0.889. The van der Waals surface area contributed by atoms with Crippen LogP contribution in [0.3, 0.4) is 0 Å². The highest BCUT2D eigenvalue weighted by atomic mass is 35.5. The van der Waals surface area contributed by atoms with E-state index in [1.54, 1.807) is 7.11 Å². The molecule has 0 aliphatic heterocycles. The molecule has 2 nitrogen and oxygen atoms in total. The Hall–Kier alpha value is -0.240. The quantitative estimate of drug-likeness (QED) is 0.358. The zero-order valence-corrected chi connectivity index (χ0v) is 8.73. The van der Waals surface area contributed by atoms with Gasteiger partial charge in [-0.1, -0.05) is 32.6 Å². The Morgan fingerprint density at radius 1 is 1.25 bits per heavy atom. The lowest BCUT2D eigenvalue weighted by Gasteiger charge is -2.01. The van der Waals surface area contributed by atoms with Gasteiger partial charge >= 0.3 is 0 Å². The predicted octanol–water partition coefficient (Wildman–Crippen LogP) is 3.55. The Bertz CT molecular complexity index is 126. The standard InChI is InChI=1S/C9H18ClNO/c1-3-4-5-6-7-8-9(11-10)12-2/h3-8H2,1-2H3/b11-9-. The van der Waals surface area contributed by atoms with E-state index in [1.807, 2.05) is 0 Å². The van der Waals surface area contributed by atoms with Crippen LogP contribution < -0.4 is 0 Å². The minimum atomic E-state index is 0.646. The maximum Gasteiger partial charge on any atom is 0.200 e. The monoisotopic (exact) mass is 191 g/mol. The fourth-order valence-corrected chi connectivity index (χ4v) is 1.21. The molecule has 0 fully saturated rings. The number of halogens is 1. The lowest BCUT2D eigenvalue weighted by atomic mass is 10.1. The molecular formula is C9H18ClNO. The molecule has 0 saturated carbocycles. The van der Waals surface area contributed by atoms with Crippen molar-refractivity contribution in [3.05, 3.63) is 0 Å². The Morgan fingerprint density at radius 3 is 2.42 bits per heavy atom. The first-order valence-electron chi connectivity index (χ1n) is 4.57. The van der Waals surface area contributed by atoms with Gasteiger partial charge in [0.15, 0.2) is 0 Å². The average molecular weight is 192 g/mol. The summed E-state index contributed by atoms with van der Waals surface area (Å²) in [7, 11) is 1.60. The summed E-state index contributed by atoms with van der Waals surface area (Å²) >= 11 is 5.27. The van der Waals surface area contributed by atoms with E-state index in [-0.39, 0.29) is 0 Å². The van der Waals surface area contributed by atoms with E-state index in [0.29, 0.717) is 5.90 Å². The summed E-state index contributed by atoms with van der Waals surface area (Å²) < 4.78 is 8.42. The van der Waals surface area contributed by atoms with Crippen LogP contribution in [0.5, 0.6) is 0 Å². The van der Waals surface area contributed by atoms with E-state index in [1.165, 1.54) is 25.7 Å². The molecule has 12 heavy (non-hydrogen) atoms. The largest absolute Gasteiger partial charge is 0.483 e. The van der Waals surface area contributed by atoms with E-state index < -0.39 is 0 Å². The van der Waals surface area contributed by atoms with E-state index in [2.05, 4.69) is 11.4 Å². The maximum atomic E-state index is 5.27. The number of unbranched alkanes of at least 4 members (excludes halogenated alkanes) is 4. The molecule has 0 heterocycles. The van der Waals surface area contributed by atoms with Crippen molar-refractivity contribution in [2.75, 3.05) is 7.11 Å². The third kappa shape index (κ3) is 6.47. The molecule has 0 amide bonds. The van der Waals surface area contributed by atoms with E-state index in [9.17, 15) is 0 Å². The normalized spacial score (nSPS) is 11.8. The summed E-state index contributed by atoms with van der Waals surface area (Å²) in [5.74, 6) is 0.646. The number of hydrogen-bond acceptors (Lipinski definition) is 2. The van der Waals surface area contributed by atoms with Gasteiger partial charge in [-0.15, -0.1) is 4.51 Å². The summed E-state index contributed by atoms with van der Waals surface area (Å²) in [4.78, 5) is 0. The SMILES string of the molecule is CCCCCCC/C(=N/Cl)OC. The first kappa shape index (κ1) is 11.8. The first-order valence-corrected chi connectivity index (χ1v) is 4.90. The molecule has 0 bridgehead atoms. The third-order valence-corrected chi connectivity index (χ3v) is 2.01. The van der Waals surface area contributed by atoms with Crippen molar-refractivity contribution in [3.63, 3.8) is 0 Å². The van der Waals surface area contributed by atoms with Gasteiger partial charge in [0, 0.05) is 18.2 Å². The Balaban J connectivity index is 3.18. The minimum absolute atomic E-state index is 0.646. The van der Waals surface area contributed by atoms with Crippen LogP contribution in [-0.4, -0.2) is 13.0 Å². The van der Waals surface area contributed by atoms with Crippen molar-refractivity contribution < 1.29 is 4.74 Å². The third-order valence-electron chi connectivity index (χ3n) is 1.82. The summed E-state index contributed by atoms with van der Waals surface area (Å²) in [6.45, 7) is 2.21. The molecule has 0 aromatic rings. The average Bonchev–Trinajstić information content (AvgIpc) is 2.11. The van der Waals surface area contributed by atoms with Crippen molar-refractivity contribution in [2.45, 2.75) is 45.4 Å². The molecule has 0 unspecified atom stereocenters. The van der Waals surface area contributed by atoms with Crippen LogP contribution in [-0.2, 0) is 4.74 Å². The second-order valence-corrected chi connectivity index (χ2v) is 3.02. The molecular weight excluding hydrogens is 174 g/mol. The van der Waals surface area contributed by atoms with Crippen LogP contribution >= 0.6 is 11.8 Å². The topological polar surface area (TPSA) is 21.6 Å². The molecule has 0 radical (unpaired) electrons. The number of methoxy groups -OCH3 is 1. The van der Waals surface area contributed by atoms with Gasteiger partial charge in [0.05, 0.1) is 7.11 Å². The fourth-order valence-electron chi connectivity index (χ4n) is 1.06. The molecule has 0 atom stereocenters. The van der Waals surface area contributed by atoms with Crippen molar-refractivity contribution in [2.24, 2.45) is 4.51 Å². The zero-order chi connectivity index (χ0) is 9.23. The van der Waals surface area contributed by atoms with Crippen LogP contribution in [0.2, 0.25) is 0 Å². The summed E-state index contributed by atoms with van der Waals surface area (Å²) in [5, 5.41) is 0. The highest BCUT2D eigenvalue weighted by Crippen LogP contribution is 2.06. The van der Waals surface area contributed by atoms with Gasteiger partial charge in [0.1, 0.15) is 0 Å². The Morgan fingerprint density at radius 2 is 1.92 bits per heavy atom. The van der Waals surface area contributed by atoms with Crippen LogP contribution in [0.25, 0.3) is 0 Å². The van der Waals surface area contributed by atoms with Crippen molar-refractivity contribution in [3.8, 4) is 0 Å². The molecule has 0 aliphatic rings. The van der Waals surface area contributed by atoms with Crippen LogP contribution in [0, 0.1) is 0 Å². The number of ether oxygens (including phenoxy) is 1. The van der Waals surface area contributed by atoms with Crippen molar-refractivity contribution in [1.82, 2.24) is 0 Å². The predicted molar refractivity (Wildman–Crippen MR) is 53.7 cm³/mol. The van der Waals surface area contributed by atoms with Gasteiger partial charge < -0.3 is 4.74 Å². The summed E-state index contributed by atoms with van der Waals surface area (Å²) in [6, 6.07) is 0. The molecule has 0 saturated heterocycles. The van der Waals surface area contributed by atoms with E-state index in [4.69, 9.17) is 16.5 Å². The highest BCUT2D eigenvalue weighted by Gasteiger charge is 1.96. The molecule has 0 N–H and O–H groups in total. The molecule has 0 aliphatic carbocycles. The van der Waals surface area contributed by atoms with Crippen LogP contribution in [0.1, 0.15) is 45.4 Å². The number of rotatable bonds is 6. The smallest absolute Gasteiger partial charge is 0.200 e. The summed E-state index contributed by atoms with van der Waals surface area (Å²) in [5.41, 5.74) is 0. The number of hydrogen-bond donors (Lipinski definition) is 0. The summed E-state index contributed by atoms with van der Waals surface area (Å²) in [6.07, 6.45) is 7.13. The Labute approximate surface area is 80.1 Å². The molecule has 3 heteroatoms. The molecule has 72 valence electrons. The number of nitrogens with zero attached hydrogens (tertiary/aromatic N) is 1.